The van der Waals surface area contributed by atoms with E-state index in [0.717, 1.165) is 59.6 Å². The van der Waals surface area contributed by atoms with Crippen molar-refractivity contribution in [3.63, 3.8) is 0 Å². The number of esters is 5. The molecule has 0 aliphatic carbocycles. The molecule has 107 heavy (non-hydrogen) atoms. The number of benzene rings is 5. The minimum absolute atomic E-state index is 0.0953. The Morgan fingerprint density at radius 3 is 1.09 bits per heavy atom. The summed E-state index contributed by atoms with van der Waals surface area (Å²) in [5.41, 5.74) is 5.01. The first-order valence-corrected chi connectivity index (χ1v) is 37.7. The molecule has 0 radical (unpaired) electrons. The van der Waals surface area contributed by atoms with E-state index in [4.69, 9.17) is 46.9 Å². The summed E-state index contributed by atoms with van der Waals surface area (Å²) >= 11 is 11.7. The van der Waals surface area contributed by atoms with Gasteiger partial charge in [0.15, 0.2) is 0 Å². The van der Waals surface area contributed by atoms with Gasteiger partial charge in [-0.05, 0) is 159 Å². The van der Waals surface area contributed by atoms with Crippen LogP contribution in [0, 0.1) is 29.6 Å². The van der Waals surface area contributed by atoms with Crippen LogP contribution in [0.4, 0.5) is 0 Å². The van der Waals surface area contributed by atoms with Crippen LogP contribution in [-0.2, 0) is 104 Å². The molecule has 0 bridgehead atoms. The summed E-state index contributed by atoms with van der Waals surface area (Å²) in [7, 11) is 0. The average Bonchev–Trinajstić information content (AvgIpc) is 0.846. The number of rotatable bonds is 36. The normalized spacial score (nSPS) is 12.1. The lowest BCUT2D eigenvalue weighted by Crippen LogP contribution is -2.42. The van der Waals surface area contributed by atoms with Crippen LogP contribution < -0.4 is 26.6 Å². The van der Waals surface area contributed by atoms with E-state index in [0.29, 0.717) is 74.2 Å². The number of carbonyl (C=O) groups excluding carboxylic acids is 10. The van der Waals surface area contributed by atoms with E-state index >= 15 is 0 Å². The van der Waals surface area contributed by atoms with Gasteiger partial charge in [0, 0.05) is 25.2 Å². The molecule has 1 heterocycles. The predicted molar refractivity (Wildman–Crippen MR) is 421 cm³/mol. The quantitative estimate of drug-likeness (QED) is 0.0139. The molecule has 1 aromatic heterocycles. The third-order valence-corrected chi connectivity index (χ3v) is 15.8. The number of aryl methyl sites for hydroxylation is 2. The van der Waals surface area contributed by atoms with E-state index in [1.165, 1.54) is 11.1 Å². The fraction of sp³-hybridized carbons (Fsp3) is 0.488. The predicted octanol–water partition coefficient (Wildman–Crippen LogP) is 13.9. The first kappa shape index (κ1) is 93.9. The highest BCUT2D eigenvalue weighted by atomic mass is 35.5. The molecule has 5 aromatic carbocycles. The smallest absolute Gasteiger partial charge is 0.328 e. The van der Waals surface area contributed by atoms with E-state index in [1.807, 2.05) is 167 Å². The van der Waals surface area contributed by atoms with Gasteiger partial charge in [-0.2, -0.15) is 0 Å². The number of pyridine rings is 1. The first-order chi connectivity index (χ1) is 50.7. The minimum Gasteiger partial charge on any atom is -0.464 e. The van der Waals surface area contributed by atoms with Crippen molar-refractivity contribution in [3.05, 3.63) is 184 Å². The third-order valence-electron chi connectivity index (χ3n) is 15.1. The Morgan fingerprint density at radius 1 is 0.336 bits per heavy atom. The summed E-state index contributed by atoms with van der Waals surface area (Å²) in [6.07, 6.45) is 9.56. The van der Waals surface area contributed by atoms with Gasteiger partial charge in [0.05, 0.1) is 62.3 Å². The zero-order valence-corrected chi connectivity index (χ0v) is 66.8. The van der Waals surface area contributed by atoms with Crippen molar-refractivity contribution in [2.24, 2.45) is 29.6 Å². The number of hydrogen-bond acceptors (Lipinski definition) is 16. The highest BCUT2D eigenvalue weighted by Crippen LogP contribution is 2.23. The molecule has 23 heteroatoms. The van der Waals surface area contributed by atoms with E-state index in [-0.39, 0.29) is 78.5 Å². The van der Waals surface area contributed by atoms with Gasteiger partial charge in [-0.15, -0.1) is 0 Å². The molecule has 6 aromatic rings. The maximum absolute atomic E-state index is 12.1. The summed E-state index contributed by atoms with van der Waals surface area (Å²) in [4.78, 5) is 122. The van der Waals surface area contributed by atoms with Crippen molar-refractivity contribution >= 4 is 93.4 Å². The Labute approximate surface area is 644 Å². The SMILES string of the molecule is CC(C)COC(=O)[C@H](C)NC(=O)CCCCc1ccccc1.CC(C)COC(=O)[C@H](C)NC(=O)CCCc1ccccc1.CC(C)COC(=O)[C@H](C)NC(=O)Cc1ccc2ccccc2c1.CC(C)COC(=O)[C@H](C)NC(=O)Cc1ccncc1.CCC(NC(=O)Cc1ccc(Cl)c(Cl)c1)C(=O)OCC(C)C. The summed E-state index contributed by atoms with van der Waals surface area (Å²) < 4.78 is 25.5. The number of aromatic nitrogens is 1. The minimum atomic E-state index is -0.637. The van der Waals surface area contributed by atoms with Gasteiger partial charge < -0.3 is 50.3 Å². The molecule has 1 unspecified atom stereocenters. The largest absolute Gasteiger partial charge is 0.464 e. The second-order valence-corrected chi connectivity index (χ2v) is 29.0. The number of ether oxygens (including phenoxy) is 5. The molecule has 586 valence electrons. The van der Waals surface area contributed by atoms with Crippen LogP contribution in [0.25, 0.3) is 10.8 Å². The van der Waals surface area contributed by atoms with E-state index < -0.39 is 48.1 Å². The van der Waals surface area contributed by atoms with Gasteiger partial charge in [-0.3, -0.25) is 29.0 Å². The number of fused-ring (bicyclic) bond motifs is 1. The van der Waals surface area contributed by atoms with Gasteiger partial charge in [0.2, 0.25) is 29.5 Å². The molecule has 0 fully saturated rings. The molecule has 6 rings (SSSR count). The number of carbonyl (C=O) groups is 10. The Bertz CT molecular complexity index is 3640. The molecule has 0 saturated heterocycles. The topological polar surface area (TPSA) is 290 Å². The van der Waals surface area contributed by atoms with Gasteiger partial charge >= 0.3 is 29.8 Å². The van der Waals surface area contributed by atoms with Crippen molar-refractivity contribution in [1.29, 1.82) is 0 Å². The summed E-state index contributed by atoms with van der Waals surface area (Å²) in [5, 5.41) is 16.4. The fourth-order valence-corrected chi connectivity index (χ4v) is 9.60. The number of amides is 5. The Morgan fingerprint density at radius 2 is 0.682 bits per heavy atom. The lowest BCUT2D eigenvalue weighted by atomic mass is 10.0. The van der Waals surface area contributed by atoms with E-state index in [2.05, 4.69) is 43.7 Å². The second-order valence-electron chi connectivity index (χ2n) is 28.2. The summed E-state index contributed by atoms with van der Waals surface area (Å²) in [6.45, 7) is 29.9. The van der Waals surface area contributed by atoms with Crippen molar-refractivity contribution in [3.8, 4) is 0 Å². The Hall–Kier alpha value is -9.21. The van der Waals surface area contributed by atoms with Gasteiger partial charge in [-0.25, -0.2) is 24.0 Å². The van der Waals surface area contributed by atoms with Crippen molar-refractivity contribution in [2.75, 3.05) is 33.0 Å². The van der Waals surface area contributed by atoms with Crippen molar-refractivity contribution in [2.45, 2.75) is 205 Å². The van der Waals surface area contributed by atoms with E-state index in [1.54, 1.807) is 70.4 Å². The molecule has 5 N–H and O–H groups in total. The lowest BCUT2D eigenvalue weighted by Gasteiger charge is -2.17. The zero-order chi connectivity index (χ0) is 79.8. The van der Waals surface area contributed by atoms with Crippen LogP contribution in [0.2, 0.25) is 10.0 Å². The lowest BCUT2D eigenvalue weighted by molar-refractivity contribution is -0.149. The molecule has 0 aliphatic rings. The first-order valence-electron chi connectivity index (χ1n) is 36.9. The van der Waals surface area contributed by atoms with E-state index in [9.17, 15) is 47.9 Å². The highest BCUT2D eigenvalue weighted by Gasteiger charge is 2.23. The summed E-state index contributed by atoms with van der Waals surface area (Å²) in [6, 6.07) is 39.7. The molecular weight excluding hydrogens is 1400 g/mol. The summed E-state index contributed by atoms with van der Waals surface area (Å²) in [5.74, 6) is -1.40. The van der Waals surface area contributed by atoms with Crippen LogP contribution in [0.15, 0.2) is 146 Å². The Kier molecular flexibility index (Phi) is 47.0. The van der Waals surface area contributed by atoms with Gasteiger partial charge in [0.1, 0.15) is 30.2 Å². The van der Waals surface area contributed by atoms with Crippen molar-refractivity contribution in [1.82, 2.24) is 31.6 Å². The Balaban J connectivity index is 0.000000455. The molecule has 5 amide bonds. The number of nitrogens with one attached hydrogen (secondary N) is 5. The fourth-order valence-electron chi connectivity index (χ4n) is 9.28. The number of unbranched alkanes of at least 4 members (excludes halogenated alkanes) is 1. The van der Waals surface area contributed by atoms with Crippen LogP contribution >= 0.6 is 23.2 Å². The molecule has 0 aliphatic heterocycles. The maximum atomic E-state index is 12.1. The van der Waals surface area contributed by atoms with Crippen LogP contribution in [0.3, 0.4) is 0 Å². The number of hydrogen-bond donors (Lipinski definition) is 5. The number of halogens is 2. The van der Waals surface area contributed by atoms with Crippen LogP contribution in [0.1, 0.15) is 170 Å². The van der Waals surface area contributed by atoms with Crippen LogP contribution in [0.5, 0.6) is 0 Å². The molecule has 5 atom stereocenters. The second kappa shape index (κ2) is 53.5. The van der Waals surface area contributed by atoms with Crippen LogP contribution in [-0.4, -0.2) is 128 Å². The molecule has 0 saturated carbocycles. The number of nitrogens with zero attached hydrogens (tertiary/aromatic N) is 1. The maximum Gasteiger partial charge on any atom is 0.328 e. The highest BCUT2D eigenvalue weighted by molar-refractivity contribution is 6.42. The van der Waals surface area contributed by atoms with Gasteiger partial charge in [0.25, 0.3) is 0 Å². The average molecular weight is 1520 g/mol. The zero-order valence-electron chi connectivity index (χ0n) is 65.3. The van der Waals surface area contributed by atoms with Gasteiger partial charge in [-0.1, -0.05) is 209 Å². The molecule has 0 spiro atoms. The standard InChI is InChI=1S/C19H23NO3.C18H27NO3.C17H25NO3.C16H21Cl2NO3.C14H20N2O3/c1-13(2)12-23-19(22)14(3)20-18(21)11-15-8-9-16-6-4-5-7-17(16)10-15;1-14(2)13-22-18(21)15(3)19-17(20)12-8-7-11-16-9-5-4-6-10-16;1-13(2)12-21-17(20)14(3)18-16(19)11-7-10-15-8-5-4-6-9-15;1-4-14(16(21)22-9-10(2)3)19-15(20)8-11-5-6-12(17)13(18)7-11;1-10(2)9-19-14(18)11(3)16-13(17)8-12-4-6-15-7-5-12/h4-10,13-14H,11-12H2,1-3H3,(H,20,21);4-6,9-10,14-15H,7-8,11-13H2,1-3H3,(H,19,20);4-6,8-9,13-14H,7,10-12H2,1-3H3,(H,18,19);5-7,10,14H,4,8-9H2,1-3H3,(H,19,20);4-7,10-11H,8-9H2,1-3H3,(H,16,17)/t14-;15-;14-;;11-/m000.0/s1. The monoisotopic (exact) mass is 1520 g/mol. The molecule has 21 nitrogen and oxygen atoms in total. The third kappa shape index (κ3) is 44.5. The molecular formula is C84H116Cl2N6O15. The van der Waals surface area contributed by atoms with Crippen molar-refractivity contribution < 1.29 is 71.6 Å².